The van der Waals surface area contributed by atoms with Crippen molar-refractivity contribution < 1.29 is 9.59 Å². The van der Waals surface area contributed by atoms with E-state index in [9.17, 15) is 9.59 Å². The van der Waals surface area contributed by atoms with Crippen molar-refractivity contribution in [2.24, 2.45) is 11.3 Å². The van der Waals surface area contributed by atoms with Crippen LogP contribution in [0, 0.1) is 11.3 Å². The number of carbonyl (C=O) groups is 2. The van der Waals surface area contributed by atoms with E-state index in [0.29, 0.717) is 40.1 Å². The summed E-state index contributed by atoms with van der Waals surface area (Å²) >= 11 is 6.01. The smallest absolute Gasteiger partial charge is 0.228 e. The molecule has 3 rings (SSSR count). The molecule has 1 fully saturated rings. The molecular formula is C25H31ClN4O2. The summed E-state index contributed by atoms with van der Waals surface area (Å²) in [6.45, 7) is 8.54. The van der Waals surface area contributed by atoms with Gasteiger partial charge in [-0.1, -0.05) is 50.1 Å². The number of pyridine rings is 1. The molecule has 2 aromatic rings. The molecule has 1 saturated carbocycles. The van der Waals surface area contributed by atoms with Gasteiger partial charge in [0.25, 0.3) is 0 Å². The third kappa shape index (κ3) is 6.33. The number of allylic oxidation sites excluding steroid dienone is 1. The lowest BCUT2D eigenvalue weighted by molar-refractivity contribution is -0.118. The van der Waals surface area contributed by atoms with Crippen LogP contribution in [-0.2, 0) is 16.0 Å². The van der Waals surface area contributed by atoms with Crippen LogP contribution in [0.1, 0.15) is 51.5 Å². The van der Waals surface area contributed by atoms with Crippen LogP contribution in [0.4, 0.5) is 17.1 Å². The maximum absolute atomic E-state index is 12.7. The predicted molar refractivity (Wildman–Crippen MR) is 131 cm³/mol. The van der Waals surface area contributed by atoms with Gasteiger partial charge in [0, 0.05) is 18.3 Å². The second kappa shape index (κ2) is 10.2. The number of rotatable bonds is 7. The van der Waals surface area contributed by atoms with Crippen LogP contribution < -0.4 is 16.4 Å². The van der Waals surface area contributed by atoms with Crippen LogP contribution in [0.25, 0.3) is 0 Å². The van der Waals surface area contributed by atoms with Crippen molar-refractivity contribution in [2.45, 2.75) is 52.4 Å². The summed E-state index contributed by atoms with van der Waals surface area (Å²) in [7, 11) is 0. The zero-order chi connectivity index (χ0) is 23.3. The van der Waals surface area contributed by atoms with Crippen LogP contribution in [0.2, 0.25) is 5.15 Å². The molecule has 2 atom stereocenters. The Morgan fingerprint density at radius 2 is 2.06 bits per heavy atom. The molecule has 0 spiro atoms. The highest BCUT2D eigenvalue weighted by Crippen LogP contribution is 2.45. The Bertz CT molecular complexity index is 1020. The SMILES string of the molecule is C=C1CC(CC)CC(C)(CC(=O)Nc2ccc(NC(=O)Cc3cccnc3Cl)c(N)c2)C1. The second-order valence-corrected chi connectivity index (χ2v) is 9.48. The molecule has 7 heteroatoms. The molecule has 170 valence electrons. The number of aromatic nitrogens is 1. The number of nitrogens with one attached hydrogen (secondary N) is 2. The lowest BCUT2D eigenvalue weighted by atomic mass is 9.67. The second-order valence-electron chi connectivity index (χ2n) is 9.13. The average molecular weight is 455 g/mol. The summed E-state index contributed by atoms with van der Waals surface area (Å²) < 4.78 is 0. The van der Waals surface area contributed by atoms with E-state index in [1.807, 2.05) is 0 Å². The number of nitrogens with two attached hydrogens (primary N) is 1. The highest BCUT2D eigenvalue weighted by atomic mass is 35.5. The van der Waals surface area contributed by atoms with E-state index in [4.69, 9.17) is 17.3 Å². The number of hydrogen-bond donors (Lipinski definition) is 3. The van der Waals surface area contributed by atoms with E-state index in [1.165, 1.54) is 5.57 Å². The Balaban J connectivity index is 1.59. The quantitative estimate of drug-likeness (QED) is 0.288. The van der Waals surface area contributed by atoms with E-state index < -0.39 is 0 Å². The number of nitrogen functional groups attached to an aromatic ring is 1. The molecule has 1 aromatic carbocycles. The van der Waals surface area contributed by atoms with Gasteiger partial charge in [-0.2, -0.15) is 0 Å². The number of hydrogen-bond acceptors (Lipinski definition) is 4. The number of carbonyl (C=O) groups excluding carboxylic acids is 2. The zero-order valence-electron chi connectivity index (χ0n) is 18.7. The summed E-state index contributed by atoms with van der Waals surface area (Å²) in [5.74, 6) is 0.299. The molecule has 6 nitrogen and oxygen atoms in total. The minimum Gasteiger partial charge on any atom is -0.397 e. The Morgan fingerprint density at radius 3 is 2.75 bits per heavy atom. The van der Waals surface area contributed by atoms with Gasteiger partial charge in [0.15, 0.2) is 0 Å². The molecule has 1 aliphatic rings. The molecule has 1 aliphatic carbocycles. The van der Waals surface area contributed by atoms with Crippen molar-refractivity contribution in [1.82, 2.24) is 4.98 Å². The maximum Gasteiger partial charge on any atom is 0.228 e. The highest BCUT2D eigenvalue weighted by Gasteiger charge is 2.35. The van der Waals surface area contributed by atoms with E-state index in [2.05, 4.69) is 36.0 Å². The fourth-order valence-electron chi connectivity index (χ4n) is 4.61. The first kappa shape index (κ1) is 23.8. The van der Waals surface area contributed by atoms with Gasteiger partial charge < -0.3 is 16.4 Å². The molecule has 2 amide bonds. The van der Waals surface area contributed by atoms with Crippen molar-refractivity contribution in [2.75, 3.05) is 16.4 Å². The standard InChI is InChI=1S/C25H31ClN4O2/c1-4-17-10-16(2)13-25(3,14-17)15-23(32)29-19-7-8-21(20(27)12-19)30-22(31)11-18-6-5-9-28-24(18)26/h5-9,12,17H,2,4,10-11,13-15,27H2,1,3H3,(H,29,32)(H,30,31). The summed E-state index contributed by atoms with van der Waals surface area (Å²) in [4.78, 5) is 29.1. The Morgan fingerprint density at radius 1 is 1.28 bits per heavy atom. The van der Waals surface area contributed by atoms with Gasteiger partial charge in [-0.3, -0.25) is 9.59 Å². The van der Waals surface area contributed by atoms with Crippen LogP contribution in [0.5, 0.6) is 0 Å². The summed E-state index contributed by atoms with van der Waals surface area (Å²) in [5, 5.41) is 6.03. The first-order chi connectivity index (χ1) is 15.2. The van der Waals surface area contributed by atoms with Crippen LogP contribution >= 0.6 is 11.6 Å². The van der Waals surface area contributed by atoms with Crippen molar-refractivity contribution in [3.63, 3.8) is 0 Å². The minimum absolute atomic E-state index is 0.0422. The molecular weight excluding hydrogens is 424 g/mol. The Kier molecular flexibility index (Phi) is 7.56. The van der Waals surface area contributed by atoms with Gasteiger partial charge in [-0.05, 0) is 60.4 Å². The molecule has 2 unspecified atom stereocenters. The fourth-order valence-corrected chi connectivity index (χ4v) is 4.80. The van der Waals surface area contributed by atoms with Crippen LogP contribution in [0.3, 0.4) is 0 Å². The van der Waals surface area contributed by atoms with E-state index in [1.54, 1.807) is 36.5 Å². The largest absolute Gasteiger partial charge is 0.397 e. The molecule has 4 N–H and O–H groups in total. The normalized spacial score (nSPS) is 20.6. The first-order valence-electron chi connectivity index (χ1n) is 10.9. The summed E-state index contributed by atoms with van der Waals surface area (Å²) in [6, 6.07) is 8.55. The lowest BCUT2D eigenvalue weighted by Crippen LogP contribution is -2.31. The number of benzene rings is 1. The van der Waals surface area contributed by atoms with Gasteiger partial charge in [0.1, 0.15) is 5.15 Å². The number of amides is 2. The number of anilines is 3. The molecule has 32 heavy (non-hydrogen) atoms. The first-order valence-corrected chi connectivity index (χ1v) is 11.3. The van der Waals surface area contributed by atoms with Crippen molar-refractivity contribution in [3.8, 4) is 0 Å². The lowest BCUT2D eigenvalue weighted by Gasteiger charge is -2.38. The van der Waals surface area contributed by atoms with E-state index in [-0.39, 0.29) is 23.7 Å². The molecule has 0 aliphatic heterocycles. The van der Waals surface area contributed by atoms with E-state index in [0.717, 1.165) is 25.7 Å². The predicted octanol–water partition coefficient (Wildman–Crippen LogP) is 5.60. The molecule has 0 radical (unpaired) electrons. The third-order valence-electron chi connectivity index (χ3n) is 6.00. The molecule has 0 saturated heterocycles. The maximum atomic E-state index is 12.7. The van der Waals surface area contributed by atoms with Gasteiger partial charge >= 0.3 is 0 Å². The van der Waals surface area contributed by atoms with E-state index >= 15 is 0 Å². The zero-order valence-corrected chi connectivity index (χ0v) is 19.5. The number of nitrogens with zero attached hydrogens (tertiary/aromatic N) is 1. The minimum atomic E-state index is -0.251. The Hall–Kier alpha value is -2.86. The Labute approximate surface area is 194 Å². The highest BCUT2D eigenvalue weighted by molar-refractivity contribution is 6.30. The van der Waals surface area contributed by atoms with Gasteiger partial charge in [-0.15, -0.1) is 0 Å². The fraction of sp³-hybridized carbons (Fsp3) is 0.400. The van der Waals surface area contributed by atoms with Gasteiger partial charge in [0.05, 0.1) is 17.8 Å². The average Bonchev–Trinajstić information content (AvgIpc) is 2.70. The topological polar surface area (TPSA) is 97.1 Å². The van der Waals surface area contributed by atoms with Crippen molar-refractivity contribution in [1.29, 1.82) is 0 Å². The third-order valence-corrected chi connectivity index (χ3v) is 6.34. The molecule has 0 bridgehead atoms. The van der Waals surface area contributed by atoms with Crippen LogP contribution in [0.15, 0.2) is 48.7 Å². The monoisotopic (exact) mass is 454 g/mol. The van der Waals surface area contributed by atoms with Gasteiger partial charge in [-0.25, -0.2) is 4.98 Å². The molecule has 1 aromatic heterocycles. The summed E-state index contributed by atoms with van der Waals surface area (Å²) in [5.41, 5.74) is 9.37. The van der Waals surface area contributed by atoms with Crippen molar-refractivity contribution in [3.05, 3.63) is 59.4 Å². The van der Waals surface area contributed by atoms with Crippen LogP contribution in [-0.4, -0.2) is 16.8 Å². The summed E-state index contributed by atoms with van der Waals surface area (Å²) in [6.07, 6.45) is 6.17. The number of halogens is 1. The molecule has 1 heterocycles. The van der Waals surface area contributed by atoms with Crippen molar-refractivity contribution >= 4 is 40.5 Å². The van der Waals surface area contributed by atoms with Gasteiger partial charge in [0.2, 0.25) is 11.8 Å².